The topological polar surface area (TPSA) is 81.2 Å². The van der Waals surface area contributed by atoms with Crippen molar-refractivity contribution < 1.29 is 9.21 Å². The Hall–Kier alpha value is -2.82. The fourth-order valence-corrected chi connectivity index (χ4v) is 1.95. The van der Waals surface area contributed by atoms with Crippen LogP contribution in [0.3, 0.4) is 0 Å². The third-order valence-corrected chi connectivity index (χ3v) is 2.94. The molecule has 3 N–H and O–H groups in total. The quantitative estimate of drug-likeness (QED) is 0.714. The molecular weight excluding hydrogens is 254 g/mol. The molecule has 1 heterocycles. The van der Waals surface area contributed by atoms with E-state index in [2.05, 4.69) is 10.3 Å². The van der Waals surface area contributed by atoms with Crippen LogP contribution in [0.15, 0.2) is 52.9 Å². The van der Waals surface area contributed by atoms with E-state index >= 15 is 0 Å². The minimum atomic E-state index is -0.245. The second-order valence-corrected chi connectivity index (χ2v) is 4.35. The van der Waals surface area contributed by atoms with Crippen molar-refractivity contribution in [2.75, 3.05) is 5.73 Å². The summed E-state index contributed by atoms with van der Waals surface area (Å²) in [5.41, 5.74) is 8.13. The van der Waals surface area contributed by atoms with Gasteiger partial charge in [0, 0.05) is 5.69 Å². The summed E-state index contributed by atoms with van der Waals surface area (Å²) in [6.07, 6.45) is 0. The van der Waals surface area contributed by atoms with Gasteiger partial charge in [-0.25, -0.2) is 4.98 Å². The van der Waals surface area contributed by atoms with E-state index in [-0.39, 0.29) is 12.5 Å². The lowest BCUT2D eigenvalue weighted by Crippen LogP contribution is -2.23. The number of carbonyl (C=O) groups excluding carboxylic acids is 1. The maximum atomic E-state index is 12.0. The number of aromatic nitrogens is 1. The fraction of sp³-hybridized carbons (Fsp3) is 0.0667. The normalized spacial score (nSPS) is 10.6. The van der Waals surface area contributed by atoms with E-state index in [9.17, 15) is 4.79 Å². The molecule has 5 nitrogen and oxygen atoms in total. The highest BCUT2D eigenvalue weighted by Crippen LogP contribution is 2.15. The van der Waals surface area contributed by atoms with E-state index in [4.69, 9.17) is 10.2 Å². The molecule has 2 aromatic carbocycles. The van der Waals surface area contributed by atoms with E-state index in [1.807, 2.05) is 24.3 Å². The number of hydrogen-bond acceptors (Lipinski definition) is 4. The number of fused-ring (bicyclic) bond motifs is 1. The number of nitrogens with two attached hydrogens (primary N) is 1. The van der Waals surface area contributed by atoms with Crippen LogP contribution in [0.2, 0.25) is 0 Å². The van der Waals surface area contributed by atoms with Gasteiger partial charge in [0.1, 0.15) is 5.52 Å². The number of amides is 1. The number of benzene rings is 2. The van der Waals surface area contributed by atoms with Crippen molar-refractivity contribution in [1.82, 2.24) is 10.3 Å². The average molecular weight is 267 g/mol. The van der Waals surface area contributed by atoms with Crippen molar-refractivity contribution in [2.24, 2.45) is 0 Å². The predicted octanol–water partition coefficient (Wildman–Crippen LogP) is 2.34. The van der Waals surface area contributed by atoms with Crippen LogP contribution in [0.25, 0.3) is 11.1 Å². The molecule has 0 aliphatic heterocycles. The summed E-state index contributed by atoms with van der Waals surface area (Å²) in [6.45, 7) is 0.224. The van der Waals surface area contributed by atoms with Crippen LogP contribution in [-0.4, -0.2) is 10.9 Å². The van der Waals surface area contributed by atoms with Crippen LogP contribution < -0.4 is 11.1 Å². The monoisotopic (exact) mass is 267 g/mol. The number of anilines is 1. The highest BCUT2D eigenvalue weighted by Gasteiger charge is 2.10. The molecule has 3 rings (SSSR count). The summed E-state index contributed by atoms with van der Waals surface area (Å²) < 4.78 is 5.53. The summed E-state index contributed by atoms with van der Waals surface area (Å²) in [5, 5.41) is 2.74. The Balaban J connectivity index is 1.73. The molecule has 3 aromatic rings. The van der Waals surface area contributed by atoms with Crippen molar-refractivity contribution >= 4 is 22.7 Å². The number of nitrogen functional groups attached to an aromatic ring is 1. The van der Waals surface area contributed by atoms with Gasteiger partial charge in [0.15, 0.2) is 5.58 Å². The lowest BCUT2D eigenvalue weighted by atomic mass is 10.2. The van der Waals surface area contributed by atoms with Gasteiger partial charge in [0.05, 0.1) is 12.1 Å². The average Bonchev–Trinajstić information content (AvgIpc) is 2.88. The molecule has 0 fully saturated rings. The summed E-state index contributed by atoms with van der Waals surface area (Å²) in [6, 6.07) is 14.4. The van der Waals surface area contributed by atoms with Gasteiger partial charge >= 0.3 is 0 Å². The molecule has 0 aliphatic carbocycles. The SMILES string of the molecule is Nc1ccccc1C(=O)NCc1nc2ccccc2o1. The van der Waals surface area contributed by atoms with Gasteiger partial charge < -0.3 is 15.5 Å². The Morgan fingerprint density at radius 1 is 1.15 bits per heavy atom. The second kappa shape index (κ2) is 5.05. The first kappa shape index (κ1) is 12.2. The molecule has 1 aromatic heterocycles. The Kier molecular flexibility index (Phi) is 3.09. The lowest BCUT2D eigenvalue weighted by molar-refractivity contribution is 0.0948. The highest BCUT2D eigenvalue weighted by atomic mass is 16.3. The van der Waals surface area contributed by atoms with E-state index in [1.54, 1.807) is 24.3 Å². The maximum absolute atomic E-state index is 12.0. The molecule has 0 spiro atoms. The molecule has 0 atom stereocenters. The van der Waals surface area contributed by atoms with Gasteiger partial charge in [-0.05, 0) is 24.3 Å². The number of oxazole rings is 1. The molecule has 1 amide bonds. The third-order valence-electron chi connectivity index (χ3n) is 2.94. The van der Waals surface area contributed by atoms with Crippen LogP contribution in [0.1, 0.15) is 16.2 Å². The highest BCUT2D eigenvalue weighted by molar-refractivity contribution is 5.98. The number of nitrogens with zero attached hydrogens (tertiary/aromatic N) is 1. The molecule has 0 radical (unpaired) electrons. The molecule has 0 bridgehead atoms. The van der Waals surface area contributed by atoms with Crippen LogP contribution in [0.5, 0.6) is 0 Å². The van der Waals surface area contributed by atoms with Crippen LogP contribution in [0, 0.1) is 0 Å². The Bertz CT molecular complexity index is 731. The van der Waals surface area contributed by atoms with Crippen molar-refractivity contribution in [2.45, 2.75) is 6.54 Å². The van der Waals surface area contributed by atoms with Crippen LogP contribution >= 0.6 is 0 Å². The largest absolute Gasteiger partial charge is 0.439 e. The third kappa shape index (κ3) is 2.33. The maximum Gasteiger partial charge on any atom is 0.253 e. The number of nitrogens with one attached hydrogen (secondary N) is 1. The van der Waals surface area contributed by atoms with Crippen molar-refractivity contribution in [3.05, 3.63) is 60.0 Å². The van der Waals surface area contributed by atoms with Gasteiger partial charge in [-0.15, -0.1) is 0 Å². The van der Waals surface area contributed by atoms with E-state index in [0.717, 1.165) is 5.52 Å². The minimum absolute atomic E-state index is 0.224. The lowest BCUT2D eigenvalue weighted by Gasteiger charge is -2.05. The Morgan fingerprint density at radius 3 is 2.70 bits per heavy atom. The number of para-hydroxylation sites is 3. The molecular formula is C15H13N3O2. The Labute approximate surface area is 115 Å². The van der Waals surface area contributed by atoms with Gasteiger partial charge in [0.25, 0.3) is 5.91 Å². The molecule has 20 heavy (non-hydrogen) atoms. The molecule has 0 unspecified atom stereocenters. The van der Waals surface area contributed by atoms with E-state index in [0.29, 0.717) is 22.7 Å². The minimum Gasteiger partial charge on any atom is -0.439 e. The van der Waals surface area contributed by atoms with Gasteiger partial charge in [-0.3, -0.25) is 4.79 Å². The molecule has 0 saturated carbocycles. The van der Waals surface area contributed by atoms with Gasteiger partial charge in [0.2, 0.25) is 5.89 Å². The Morgan fingerprint density at radius 2 is 1.90 bits per heavy atom. The van der Waals surface area contributed by atoms with Crippen molar-refractivity contribution in [1.29, 1.82) is 0 Å². The summed E-state index contributed by atoms with van der Waals surface area (Å²) in [5.74, 6) is 0.222. The zero-order chi connectivity index (χ0) is 13.9. The first-order chi connectivity index (χ1) is 9.74. The van der Waals surface area contributed by atoms with E-state index in [1.165, 1.54) is 0 Å². The van der Waals surface area contributed by atoms with Gasteiger partial charge in [-0.2, -0.15) is 0 Å². The molecule has 0 aliphatic rings. The van der Waals surface area contributed by atoms with Gasteiger partial charge in [-0.1, -0.05) is 24.3 Å². The number of hydrogen-bond donors (Lipinski definition) is 2. The first-order valence-corrected chi connectivity index (χ1v) is 6.21. The second-order valence-electron chi connectivity index (χ2n) is 4.35. The summed E-state index contributed by atoms with van der Waals surface area (Å²) in [4.78, 5) is 16.3. The van der Waals surface area contributed by atoms with Crippen LogP contribution in [-0.2, 0) is 6.54 Å². The van der Waals surface area contributed by atoms with Crippen molar-refractivity contribution in [3.8, 4) is 0 Å². The van der Waals surface area contributed by atoms with Crippen LogP contribution in [0.4, 0.5) is 5.69 Å². The first-order valence-electron chi connectivity index (χ1n) is 6.21. The molecule has 100 valence electrons. The molecule has 0 saturated heterocycles. The summed E-state index contributed by atoms with van der Waals surface area (Å²) in [7, 11) is 0. The number of rotatable bonds is 3. The zero-order valence-electron chi connectivity index (χ0n) is 10.7. The molecule has 5 heteroatoms. The number of carbonyl (C=O) groups is 1. The fourth-order valence-electron chi connectivity index (χ4n) is 1.95. The standard InChI is InChI=1S/C15H13N3O2/c16-11-6-2-1-5-10(11)15(19)17-9-14-18-12-7-3-4-8-13(12)20-14/h1-8H,9,16H2,(H,17,19). The van der Waals surface area contributed by atoms with E-state index < -0.39 is 0 Å². The predicted molar refractivity (Wildman–Crippen MR) is 76.0 cm³/mol. The smallest absolute Gasteiger partial charge is 0.253 e. The zero-order valence-corrected chi connectivity index (χ0v) is 10.7. The summed E-state index contributed by atoms with van der Waals surface area (Å²) >= 11 is 0. The van der Waals surface area contributed by atoms with Crippen molar-refractivity contribution in [3.63, 3.8) is 0 Å².